The third kappa shape index (κ3) is 4.49. The fraction of sp³-hybridized carbons (Fsp3) is 0.875. The van der Waals surface area contributed by atoms with Crippen LogP contribution in [0.4, 0.5) is 0 Å². The SMILES string of the molecule is CCC(CC#N)C[SiH](OC)OC. The van der Waals surface area contributed by atoms with Gasteiger partial charge in [0.25, 0.3) is 0 Å². The molecular weight excluding hydrogens is 170 g/mol. The molecule has 12 heavy (non-hydrogen) atoms. The standard InChI is InChI=1S/C8H17NO2Si/c1-4-8(5-6-9)7-12(10-2)11-3/h8,12H,4-5,7H2,1-3H3. The molecule has 1 atom stereocenters. The molecule has 0 spiro atoms. The summed E-state index contributed by atoms with van der Waals surface area (Å²) in [7, 11) is 1.91. The topological polar surface area (TPSA) is 42.2 Å². The van der Waals surface area contributed by atoms with Gasteiger partial charge in [-0.25, -0.2) is 0 Å². The van der Waals surface area contributed by atoms with Crippen molar-refractivity contribution in [3.8, 4) is 6.07 Å². The lowest BCUT2D eigenvalue weighted by Crippen LogP contribution is -2.22. The lowest BCUT2D eigenvalue weighted by molar-refractivity contribution is 0.269. The summed E-state index contributed by atoms with van der Waals surface area (Å²) in [6, 6.07) is 3.12. The lowest BCUT2D eigenvalue weighted by atomic mass is 10.1. The van der Waals surface area contributed by atoms with Gasteiger partial charge in [0.05, 0.1) is 6.07 Å². The average Bonchev–Trinajstić information content (AvgIpc) is 2.12. The van der Waals surface area contributed by atoms with E-state index >= 15 is 0 Å². The minimum Gasteiger partial charge on any atom is -0.400 e. The molecule has 0 aromatic rings. The van der Waals surface area contributed by atoms with Gasteiger partial charge >= 0.3 is 9.28 Å². The Morgan fingerprint density at radius 3 is 2.33 bits per heavy atom. The van der Waals surface area contributed by atoms with Gasteiger partial charge in [-0.15, -0.1) is 0 Å². The largest absolute Gasteiger partial charge is 0.400 e. The summed E-state index contributed by atoms with van der Waals surface area (Å²) in [5.41, 5.74) is 0. The maximum Gasteiger partial charge on any atom is 0.321 e. The third-order valence-corrected chi connectivity index (χ3v) is 4.11. The summed E-state index contributed by atoms with van der Waals surface area (Å²) in [4.78, 5) is 0. The third-order valence-electron chi connectivity index (χ3n) is 2.01. The Balaban J connectivity index is 3.75. The molecule has 0 fully saturated rings. The maximum atomic E-state index is 8.51. The fourth-order valence-corrected chi connectivity index (χ4v) is 2.71. The predicted molar refractivity (Wildman–Crippen MR) is 50.0 cm³/mol. The molecule has 0 aliphatic carbocycles. The lowest BCUT2D eigenvalue weighted by Gasteiger charge is -2.15. The number of nitriles is 1. The van der Waals surface area contributed by atoms with Crippen LogP contribution in [0.5, 0.6) is 0 Å². The van der Waals surface area contributed by atoms with E-state index < -0.39 is 9.28 Å². The first-order valence-electron chi connectivity index (χ1n) is 4.21. The zero-order valence-electron chi connectivity index (χ0n) is 8.04. The van der Waals surface area contributed by atoms with E-state index in [0.717, 1.165) is 12.5 Å². The van der Waals surface area contributed by atoms with Crippen molar-refractivity contribution in [2.75, 3.05) is 14.2 Å². The predicted octanol–water partition coefficient (Wildman–Crippen LogP) is 1.44. The van der Waals surface area contributed by atoms with Crippen LogP contribution >= 0.6 is 0 Å². The molecule has 0 heterocycles. The van der Waals surface area contributed by atoms with Crippen LogP contribution in [0.15, 0.2) is 0 Å². The van der Waals surface area contributed by atoms with Gasteiger partial charge in [-0.2, -0.15) is 5.26 Å². The van der Waals surface area contributed by atoms with Crippen molar-refractivity contribution in [2.24, 2.45) is 5.92 Å². The molecule has 0 amide bonds. The van der Waals surface area contributed by atoms with E-state index in [9.17, 15) is 0 Å². The van der Waals surface area contributed by atoms with Gasteiger partial charge in [-0.1, -0.05) is 13.3 Å². The van der Waals surface area contributed by atoms with Crippen LogP contribution in [0.1, 0.15) is 19.8 Å². The molecule has 0 N–H and O–H groups in total. The summed E-state index contributed by atoms with van der Waals surface area (Å²) in [5, 5.41) is 8.51. The highest BCUT2D eigenvalue weighted by atomic mass is 28.3. The molecular formula is C8H17NO2Si. The van der Waals surface area contributed by atoms with Crippen molar-refractivity contribution >= 4 is 9.28 Å². The van der Waals surface area contributed by atoms with Gasteiger partial charge < -0.3 is 8.85 Å². The summed E-state index contributed by atoms with van der Waals surface area (Å²) < 4.78 is 10.4. The van der Waals surface area contributed by atoms with E-state index in [0.29, 0.717) is 12.3 Å². The van der Waals surface area contributed by atoms with Crippen LogP contribution < -0.4 is 0 Å². The van der Waals surface area contributed by atoms with Crippen molar-refractivity contribution in [1.29, 1.82) is 5.26 Å². The minimum atomic E-state index is -1.45. The smallest absolute Gasteiger partial charge is 0.321 e. The molecule has 0 bridgehead atoms. The average molecular weight is 187 g/mol. The summed E-state index contributed by atoms with van der Waals surface area (Å²) >= 11 is 0. The second-order valence-corrected chi connectivity index (χ2v) is 5.05. The maximum absolute atomic E-state index is 8.51. The number of nitrogens with zero attached hydrogens (tertiary/aromatic N) is 1. The van der Waals surface area contributed by atoms with Crippen molar-refractivity contribution in [1.82, 2.24) is 0 Å². The van der Waals surface area contributed by atoms with Gasteiger partial charge in [0.2, 0.25) is 0 Å². The highest BCUT2D eigenvalue weighted by Gasteiger charge is 2.16. The van der Waals surface area contributed by atoms with Gasteiger partial charge in [-0.3, -0.25) is 0 Å². The van der Waals surface area contributed by atoms with Crippen molar-refractivity contribution in [2.45, 2.75) is 25.8 Å². The second kappa shape index (κ2) is 7.29. The van der Waals surface area contributed by atoms with Crippen LogP contribution in [-0.4, -0.2) is 23.5 Å². The van der Waals surface area contributed by atoms with Gasteiger partial charge in [0.15, 0.2) is 0 Å². The second-order valence-electron chi connectivity index (χ2n) is 2.77. The van der Waals surface area contributed by atoms with Gasteiger partial charge in [0.1, 0.15) is 0 Å². The Labute approximate surface area is 76.1 Å². The van der Waals surface area contributed by atoms with Crippen molar-refractivity contribution < 1.29 is 8.85 Å². The van der Waals surface area contributed by atoms with Gasteiger partial charge in [0, 0.05) is 20.6 Å². The molecule has 0 aliphatic rings. The van der Waals surface area contributed by atoms with Crippen LogP contribution in [0.3, 0.4) is 0 Å². The van der Waals surface area contributed by atoms with Crippen LogP contribution in [0.25, 0.3) is 0 Å². The molecule has 0 saturated carbocycles. The molecule has 70 valence electrons. The van der Waals surface area contributed by atoms with E-state index in [-0.39, 0.29) is 0 Å². The Bertz CT molecular complexity index is 142. The zero-order chi connectivity index (χ0) is 9.40. The minimum absolute atomic E-state index is 0.451. The first kappa shape index (κ1) is 11.6. The molecule has 0 aromatic heterocycles. The highest BCUT2D eigenvalue weighted by molar-refractivity contribution is 6.44. The summed E-state index contributed by atoms with van der Waals surface area (Å²) in [6.45, 7) is 2.10. The van der Waals surface area contributed by atoms with E-state index in [1.807, 2.05) is 0 Å². The molecule has 4 heteroatoms. The van der Waals surface area contributed by atoms with E-state index in [4.69, 9.17) is 14.1 Å². The molecule has 1 unspecified atom stereocenters. The molecule has 0 aromatic carbocycles. The molecule has 0 aliphatic heterocycles. The van der Waals surface area contributed by atoms with Crippen molar-refractivity contribution in [3.05, 3.63) is 0 Å². The first-order valence-corrected chi connectivity index (χ1v) is 5.96. The molecule has 0 rings (SSSR count). The molecule has 0 radical (unpaired) electrons. The van der Waals surface area contributed by atoms with Crippen LogP contribution in [-0.2, 0) is 8.85 Å². The zero-order valence-corrected chi connectivity index (χ0v) is 9.19. The van der Waals surface area contributed by atoms with Gasteiger partial charge in [-0.05, 0) is 12.0 Å². The summed E-state index contributed by atoms with van der Waals surface area (Å²) in [6.07, 6.45) is 1.65. The Hall–Kier alpha value is -0.373. The fourth-order valence-electron chi connectivity index (χ4n) is 1.08. The van der Waals surface area contributed by atoms with E-state index in [1.165, 1.54) is 0 Å². The highest BCUT2D eigenvalue weighted by Crippen LogP contribution is 2.15. The Morgan fingerprint density at radius 2 is 2.00 bits per heavy atom. The molecule has 3 nitrogen and oxygen atoms in total. The van der Waals surface area contributed by atoms with E-state index in [1.54, 1.807) is 14.2 Å². The Kier molecular flexibility index (Phi) is 7.06. The summed E-state index contributed by atoms with van der Waals surface area (Å²) in [5.74, 6) is 0.451. The monoisotopic (exact) mass is 187 g/mol. The van der Waals surface area contributed by atoms with Crippen LogP contribution in [0.2, 0.25) is 6.04 Å². The van der Waals surface area contributed by atoms with Crippen molar-refractivity contribution in [3.63, 3.8) is 0 Å². The molecule has 0 saturated heterocycles. The number of hydrogen-bond acceptors (Lipinski definition) is 3. The Morgan fingerprint density at radius 1 is 1.42 bits per heavy atom. The van der Waals surface area contributed by atoms with E-state index in [2.05, 4.69) is 13.0 Å². The van der Waals surface area contributed by atoms with Crippen LogP contribution in [0, 0.1) is 17.2 Å². The quantitative estimate of drug-likeness (QED) is 0.591. The number of hydrogen-bond donors (Lipinski definition) is 0. The number of rotatable bonds is 6. The normalized spacial score (nSPS) is 12.9. The first-order chi connectivity index (χ1) is 5.78.